The molecular weight excluding hydrogens is 286 g/mol. The van der Waals surface area contributed by atoms with E-state index in [9.17, 15) is 4.79 Å². The van der Waals surface area contributed by atoms with Crippen LogP contribution in [0.5, 0.6) is 0 Å². The Hall–Kier alpha value is -2.29. The van der Waals surface area contributed by atoms with Gasteiger partial charge in [0.2, 0.25) is 0 Å². The van der Waals surface area contributed by atoms with Crippen molar-refractivity contribution in [2.75, 3.05) is 12.4 Å². The Morgan fingerprint density at radius 3 is 2.17 bits per heavy atom. The van der Waals surface area contributed by atoms with E-state index in [1.165, 1.54) is 12.7 Å². The summed E-state index contributed by atoms with van der Waals surface area (Å²) in [5.41, 5.74) is 1.68. The second-order valence-corrected chi connectivity index (χ2v) is 6.30. The third kappa shape index (κ3) is 4.59. The molecule has 0 fully saturated rings. The van der Waals surface area contributed by atoms with Gasteiger partial charge in [0.05, 0.1) is 12.5 Å². The van der Waals surface area contributed by atoms with Gasteiger partial charge in [-0.15, -0.1) is 0 Å². The van der Waals surface area contributed by atoms with Gasteiger partial charge in [0.25, 0.3) is 0 Å². The van der Waals surface area contributed by atoms with Gasteiger partial charge in [-0.05, 0) is 44.4 Å². The zero-order valence-electron chi connectivity index (χ0n) is 14.1. The smallest absolute Gasteiger partial charge is 0.313 e. The van der Waals surface area contributed by atoms with E-state index in [0.717, 1.165) is 18.5 Å². The lowest BCUT2D eigenvalue weighted by Gasteiger charge is -2.33. The predicted molar refractivity (Wildman–Crippen MR) is 94.4 cm³/mol. The average molecular weight is 311 g/mol. The van der Waals surface area contributed by atoms with Crippen molar-refractivity contribution in [2.45, 2.75) is 32.7 Å². The van der Waals surface area contributed by atoms with Crippen molar-refractivity contribution in [2.24, 2.45) is 5.41 Å². The van der Waals surface area contributed by atoms with E-state index < -0.39 is 5.41 Å². The zero-order chi connectivity index (χ0) is 16.7. The molecule has 0 radical (unpaired) electrons. The van der Waals surface area contributed by atoms with E-state index in [2.05, 4.69) is 17.4 Å². The van der Waals surface area contributed by atoms with Crippen LogP contribution in [0.4, 0.5) is 5.69 Å². The zero-order valence-corrected chi connectivity index (χ0v) is 14.1. The first-order valence-corrected chi connectivity index (χ1v) is 7.98. The number of aryl methyl sites for hydroxylation is 1. The fourth-order valence-electron chi connectivity index (χ4n) is 2.71. The van der Waals surface area contributed by atoms with E-state index in [0.29, 0.717) is 0 Å². The Labute approximate surface area is 138 Å². The number of para-hydroxylation sites is 1. The van der Waals surface area contributed by atoms with Gasteiger partial charge in [0.15, 0.2) is 0 Å². The van der Waals surface area contributed by atoms with Gasteiger partial charge >= 0.3 is 5.97 Å². The number of hydrogen-bond acceptors (Lipinski definition) is 3. The minimum atomic E-state index is -0.612. The summed E-state index contributed by atoms with van der Waals surface area (Å²) in [7, 11) is 1.45. The number of carbonyl (C=O) groups excluding carboxylic acids is 1. The molecule has 0 aliphatic heterocycles. The molecule has 3 heteroatoms. The van der Waals surface area contributed by atoms with Crippen molar-refractivity contribution in [3.63, 3.8) is 0 Å². The highest BCUT2D eigenvalue weighted by molar-refractivity contribution is 5.77. The lowest BCUT2D eigenvalue weighted by molar-refractivity contribution is -0.151. The molecule has 2 rings (SSSR count). The summed E-state index contributed by atoms with van der Waals surface area (Å²) >= 11 is 0. The van der Waals surface area contributed by atoms with Crippen molar-refractivity contribution in [1.82, 2.24) is 0 Å². The van der Waals surface area contributed by atoms with Crippen LogP contribution in [-0.2, 0) is 16.0 Å². The standard InChI is InChI=1S/C20H25NO2/c1-20(2,19(22)23-3)18(21-17-12-8-5-9-13-17)15-14-16-10-6-4-7-11-16/h4-13,18,21H,14-15H2,1-3H3. The van der Waals surface area contributed by atoms with Gasteiger partial charge in [-0.3, -0.25) is 4.79 Å². The van der Waals surface area contributed by atoms with Gasteiger partial charge in [0.1, 0.15) is 0 Å². The third-order valence-corrected chi connectivity index (χ3v) is 4.26. The molecule has 0 aliphatic carbocycles. The molecule has 1 unspecified atom stereocenters. The first kappa shape index (κ1) is 17.1. The Morgan fingerprint density at radius 2 is 1.61 bits per heavy atom. The van der Waals surface area contributed by atoms with Crippen LogP contribution in [0.15, 0.2) is 60.7 Å². The quantitative estimate of drug-likeness (QED) is 0.775. The van der Waals surface area contributed by atoms with Crippen molar-refractivity contribution < 1.29 is 9.53 Å². The molecule has 3 nitrogen and oxygen atoms in total. The first-order chi connectivity index (χ1) is 11.0. The normalized spacial score (nSPS) is 12.5. The molecule has 1 N–H and O–H groups in total. The maximum Gasteiger partial charge on any atom is 0.313 e. The molecule has 2 aromatic rings. The summed E-state index contributed by atoms with van der Waals surface area (Å²) in [5, 5.41) is 3.50. The van der Waals surface area contributed by atoms with E-state index in [-0.39, 0.29) is 12.0 Å². The Balaban J connectivity index is 2.15. The summed E-state index contributed by atoms with van der Waals surface area (Å²) < 4.78 is 5.01. The van der Waals surface area contributed by atoms with Crippen molar-refractivity contribution >= 4 is 11.7 Å². The molecule has 0 heterocycles. The van der Waals surface area contributed by atoms with Gasteiger partial charge in [-0.2, -0.15) is 0 Å². The van der Waals surface area contributed by atoms with Crippen LogP contribution in [0, 0.1) is 5.41 Å². The fourth-order valence-corrected chi connectivity index (χ4v) is 2.71. The SMILES string of the molecule is COC(=O)C(C)(C)C(CCc1ccccc1)Nc1ccccc1. The molecule has 0 spiro atoms. The van der Waals surface area contributed by atoms with Crippen molar-refractivity contribution in [1.29, 1.82) is 0 Å². The molecule has 0 saturated heterocycles. The van der Waals surface area contributed by atoms with Gasteiger partial charge in [-0.25, -0.2) is 0 Å². The maximum absolute atomic E-state index is 12.2. The number of carbonyl (C=O) groups is 1. The lowest BCUT2D eigenvalue weighted by Crippen LogP contribution is -2.43. The van der Waals surface area contributed by atoms with Gasteiger partial charge < -0.3 is 10.1 Å². The van der Waals surface area contributed by atoms with E-state index in [4.69, 9.17) is 4.74 Å². The average Bonchev–Trinajstić information content (AvgIpc) is 2.59. The second kappa shape index (κ2) is 7.82. The number of benzene rings is 2. The van der Waals surface area contributed by atoms with Gasteiger partial charge in [0, 0.05) is 11.7 Å². The third-order valence-electron chi connectivity index (χ3n) is 4.26. The molecule has 0 aromatic heterocycles. The highest BCUT2D eigenvalue weighted by Crippen LogP contribution is 2.29. The number of hydrogen-bond donors (Lipinski definition) is 1. The number of anilines is 1. The summed E-state index contributed by atoms with van der Waals surface area (Å²) in [5.74, 6) is -0.195. The molecule has 0 amide bonds. The molecule has 0 bridgehead atoms. The summed E-state index contributed by atoms with van der Waals surface area (Å²) in [6.45, 7) is 3.87. The molecule has 1 atom stereocenters. The van der Waals surface area contributed by atoms with Gasteiger partial charge in [-0.1, -0.05) is 48.5 Å². The minimum Gasteiger partial charge on any atom is -0.469 e. The van der Waals surface area contributed by atoms with Crippen LogP contribution in [0.25, 0.3) is 0 Å². The van der Waals surface area contributed by atoms with E-state index in [1.54, 1.807) is 0 Å². The fraction of sp³-hybridized carbons (Fsp3) is 0.350. The second-order valence-electron chi connectivity index (χ2n) is 6.30. The molecule has 0 saturated carbocycles. The molecular formula is C20H25NO2. The Kier molecular flexibility index (Phi) is 5.80. The number of rotatable bonds is 7. The Morgan fingerprint density at radius 1 is 1.04 bits per heavy atom. The van der Waals surface area contributed by atoms with Crippen molar-refractivity contribution in [3.8, 4) is 0 Å². The van der Waals surface area contributed by atoms with Crippen molar-refractivity contribution in [3.05, 3.63) is 66.2 Å². The summed E-state index contributed by atoms with van der Waals surface area (Å²) in [6.07, 6.45) is 1.76. The molecule has 23 heavy (non-hydrogen) atoms. The summed E-state index contributed by atoms with van der Waals surface area (Å²) in [6, 6.07) is 20.3. The highest BCUT2D eigenvalue weighted by Gasteiger charge is 2.37. The maximum atomic E-state index is 12.2. The van der Waals surface area contributed by atoms with Crippen LogP contribution in [0.2, 0.25) is 0 Å². The number of esters is 1. The largest absolute Gasteiger partial charge is 0.469 e. The van der Waals surface area contributed by atoms with Crippen LogP contribution in [0.3, 0.4) is 0 Å². The minimum absolute atomic E-state index is 0.0162. The highest BCUT2D eigenvalue weighted by atomic mass is 16.5. The number of ether oxygens (including phenoxy) is 1. The monoisotopic (exact) mass is 311 g/mol. The molecule has 0 aliphatic rings. The van der Waals surface area contributed by atoms with E-state index >= 15 is 0 Å². The molecule has 2 aromatic carbocycles. The first-order valence-electron chi connectivity index (χ1n) is 7.98. The summed E-state index contributed by atoms with van der Waals surface area (Å²) in [4.78, 5) is 12.2. The van der Waals surface area contributed by atoms with Crippen LogP contribution in [-0.4, -0.2) is 19.1 Å². The predicted octanol–water partition coefficient (Wildman–Crippen LogP) is 4.30. The Bertz CT molecular complexity index is 608. The van der Waals surface area contributed by atoms with Crippen LogP contribution in [0.1, 0.15) is 25.8 Å². The number of nitrogens with one attached hydrogen (secondary N) is 1. The topological polar surface area (TPSA) is 38.3 Å². The van der Waals surface area contributed by atoms with E-state index in [1.807, 2.05) is 62.4 Å². The molecule has 122 valence electrons. The van der Waals surface area contributed by atoms with Crippen LogP contribution < -0.4 is 5.32 Å². The lowest BCUT2D eigenvalue weighted by atomic mass is 9.81. The van der Waals surface area contributed by atoms with Crippen LogP contribution >= 0.6 is 0 Å². The number of methoxy groups -OCH3 is 1.